The van der Waals surface area contributed by atoms with Gasteiger partial charge in [-0.2, -0.15) is 0 Å². The SMILES string of the molecule is O=[N+]([O-])c1cccc(C2=CCC/C=C(/Br)CC=C2)c1. The van der Waals surface area contributed by atoms with Crippen LogP contribution in [0.4, 0.5) is 5.69 Å². The molecule has 2 rings (SSSR count). The molecule has 0 atom stereocenters. The van der Waals surface area contributed by atoms with E-state index in [0.29, 0.717) is 0 Å². The van der Waals surface area contributed by atoms with Crippen LogP contribution < -0.4 is 0 Å². The number of hydrogen-bond donors (Lipinski definition) is 0. The monoisotopic (exact) mass is 319 g/mol. The molecular formula is C15H14BrNO2. The van der Waals surface area contributed by atoms with Crippen LogP contribution in [0.2, 0.25) is 0 Å². The van der Waals surface area contributed by atoms with Gasteiger partial charge in [0.05, 0.1) is 4.92 Å². The number of halogens is 1. The van der Waals surface area contributed by atoms with E-state index in [1.807, 2.05) is 12.1 Å². The molecule has 0 aliphatic heterocycles. The van der Waals surface area contributed by atoms with Crippen molar-refractivity contribution in [2.24, 2.45) is 0 Å². The minimum atomic E-state index is -0.360. The molecule has 0 spiro atoms. The smallest absolute Gasteiger partial charge is 0.258 e. The molecule has 0 fully saturated rings. The van der Waals surface area contributed by atoms with Crippen LogP contribution in [-0.4, -0.2) is 4.92 Å². The van der Waals surface area contributed by atoms with Gasteiger partial charge < -0.3 is 0 Å². The zero-order chi connectivity index (χ0) is 13.7. The summed E-state index contributed by atoms with van der Waals surface area (Å²) in [4.78, 5) is 10.5. The van der Waals surface area contributed by atoms with E-state index < -0.39 is 0 Å². The highest BCUT2D eigenvalue weighted by Gasteiger charge is 2.07. The van der Waals surface area contributed by atoms with Crippen LogP contribution in [0.5, 0.6) is 0 Å². The van der Waals surface area contributed by atoms with Crippen molar-refractivity contribution in [1.29, 1.82) is 0 Å². The Hall–Kier alpha value is -1.68. The van der Waals surface area contributed by atoms with E-state index in [2.05, 4.69) is 34.2 Å². The van der Waals surface area contributed by atoms with Gasteiger partial charge in [-0.25, -0.2) is 0 Å². The van der Waals surface area contributed by atoms with Crippen LogP contribution in [0, 0.1) is 10.1 Å². The Morgan fingerprint density at radius 2 is 2.00 bits per heavy atom. The first-order valence-electron chi connectivity index (χ1n) is 6.13. The van der Waals surface area contributed by atoms with E-state index in [9.17, 15) is 10.1 Å². The van der Waals surface area contributed by atoms with Crippen LogP contribution in [0.25, 0.3) is 5.57 Å². The highest BCUT2D eigenvalue weighted by molar-refractivity contribution is 9.11. The summed E-state index contributed by atoms with van der Waals surface area (Å²) in [5, 5.41) is 10.8. The zero-order valence-corrected chi connectivity index (χ0v) is 12.0. The van der Waals surface area contributed by atoms with Crippen molar-refractivity contribution in [2.75, 3.05) is 0 Å². The van der Waals surface area contributed by atoms with E-state index >= 15 is 0 Å². The molecule has 0 bridgehead atoms. The summed E-state index contributed by atoms with van der Waals surface area (Å²) in [7, 11) is 0. The van der Waals surface area contributed by atoms with Crippen LogP contribution in [0.3, 0.4) is 0 Å². The molecule has 0 aromatic heterocycles. The van der Waals surface area contributed by atoms with Gasteiger partial charge in [-0.3, -0.25) is 10.1 Å². The van der Waals surface area contributed by atoms with Crippen molar-refractivity contribution in [2.45, 2.75) is 19.3 Å². The fourth-order valence-electron chi connectivity index (χ4n) is 1.94. The van der Waals surface area contributed by atoms with Crippen LogP contribution in [-0.2, 0) is 0 Å². The number of allylic oxidation sites excluding steroid dienone is 6. The lowest BCUT2D eigenvalue weighted by Gasteiger charge is -2.02. The number of benzene rings is 1. The summed E-state index contributed by atoms with van der Waals surface area (Å²) in [6.45, 7) is 0. The molecule has 1 aromatic carbocycles. The molecule has 0 amide bonds. The Morgan fingerprint density at radius 1 is 1.21 bits per heavy atom. The Labute approximate surface area is 120 Å². The van der Waals surface area contributed by atoms with Crippen molar-refractivity contribution in [3.05, 3.63) is 68.7 Å². The first-order valence-corrected chi connectivity index (χ1v) is 6.92. The second kappa shape index (κ2) is 6.48. The summed E-state index contributed by atoms with van der Waals surface area (Å²) < 4.78 is 1.18. The maximum atomic E-state index is 10.8. The third kappa shape index (κ3) is 3.89. The van der Waals surface area contributed by atoms with E-state index in [1.165, 1.54) is 10.5 Å². The summed E-state index contributed by atoms with van der Waals surface area (Å²) in [6.07, 6.45) is 11.1. The summed E-state index contributed by atoms with van der Waals surface area (Å²) in [6, 6.07) is 6.77. The van der Waals surface area contributed by atoms with Crippen LogP contribution in [0.15, 0.2) is 53.1 Å². The Morgan fingerprint density at radius 3 is 2.79 bits per heavy atom. The first kappa shape index (κ1) is 13.7. The number of hydrogen-bond acceptors (Lipinski definition) is 2. The summed E-state index contributed by atoms with van der Waals surface area (Å²) in [5.74, 6) is 0. The van der Waals surface area contributed by atoms with Crippen molar-refractivity contribution in [3.63, 3.8) is 0 Å². The number of rotatable bonds is 2. The number of non-ortho nitro benzene ring substituents is 1. The lowest BCUT2D eigenvalue weighted by atomic mass is 10.0. The number of nitrogens with zero attached hydrogens (tertiary/aromatic N) is 1. The molecule has 0 radical (unpaired) electrons. The maximum absolute atomic E-state index is 10.8. The van der Waals surface area contributed by atoms with Crippen LogP contribution >= 0.6 is 15.9 Å². The lowest BCUT2D eigenvalue weighted by Crippen LogP contribution is -1.89. The predicted molar refractivity (Wildman–Crippen MR) is 81.1 cm³/mol. The molecule has 4 heteroatoms. The highest BCUT2D eigenvalue weighted by atomic mass is 79.9. The Bertz CT molecular complexity index is 573. The minimum Gasteiger partial charge on any atom is -0.258 e. The molecule has 0 saturated carbocycles. The van der Waals surface area contributed by atoms with E-state index in [4.69, 9.17) is 0 Å². The van der Waals surface area contributed by atoms with E-state index in [1.54, 1.807) is 12.1 Å². The van der Waals surface area contributed by atoms with E-state index in [-0.39, 0.29) is 10.6 Å². The molecule has 98 valence electrons. The summed E-state index contributed by atoms with van der Waals surface area (Å²) >= 11 is 3.51. The average Bonchev–Trinajstić information content (AvgIpc) is 2.51. The highest BCUT2D eigenvalue weighted by Crippen LogP contribution is 2.24. The van der Waals surface area contributed by atoms with Gasteiger partial charge in [0.1, 0.15) is 0 Å². The summed E-state index contributed by atoms with van der Waals surface area (Å²) in [5.41, 5.74) is 2.06. The maximum Gasteiger partial charge on any atom is 0.270 e. The van der Waals surface area contributed by atoms with Gasteiger partial charge in [-0.1, -0.05) is 52.4 Å². The first-order chi connectivity index (χ1) is 9.16. The molecule has 1 aliphatic rings. The third-order valence-electron chi connectivity index (χ3n) is 2.90. The standard InChI is InChI=1S/C15H14BrNO2/c16-14-8-2-1-5-12(6-3-9-14)13-7-4-10-15(11-13)17(18)19/h3-8,10-11H,1-2,9H2/b6-3?,12-5?,14-8+. The van der Waals surface area contributed by atoms with Gasteiger partial charge in [0.25, 0.3) is 5.69 Å². The van der Waals surface area contributed by atoms with E-state index in [0.717, 1.165) is 30.4 Å². The molecular weight excluding hydrogens is 306 g/mol. The Kier molecular flexibility index (Phi) is 4.68. The van der Waals surface area contributed by atoms with Crippen molar-refractivity contribution in [1.82, 2.24) is 0 Å². The largest absolute Gasteiger partial charge is 0.270 e. The van der Waals surface area contributed by atoms with Crippen molar-refractivity contribution < 1.29 is 4.92 Å². The minimum absolute atomic E-state index is 0.131. The second-order valence-electron chi connectivity index (χ2n) is 4.30. The van der Waals surface area contributed by atoms with Gasteiger partial charge >= 0.3 is 0 Å². The number of nitro groups is 1. The molecule has 1 aromatic rings. The average molecular weight is 320 g/mol. The fraction of sp³-hybridized carbons (Fsp3) is 0.200. The number of nitro benzene ring substituents is 1. The molecule has 0 N–H and O–H groups in total. The molecule has 0 heterocycles. The van der Waals surface area contributed by atoms with Gasteiger partial charge in [-0.15, -0.1) is 0 Å². The Balaban J connectivity index is 2.29. The molecule has 3 nitrogen and oxygen atoms in total. The molecule has 0 unspecified atom stereocenters. The van der Waals surface area contributed by atoms with Gasteiger partial charge in [-0.05, 0) is 34.9 Å². The van der Waals surface area contributed by atoms with Gasteiger partial charge in [0, 0.05) is 12.1 Å². The topological polar surface area (TPSA) is 43.1 Å². The van der Waals surface area contributed by atoms with Gasteiger partial charge in [0.15, 0.2) is 0 Å². The third-order valence-corrected chi connectivity index (χ3v) is 3.54. The zero-order valence-electron chi connectivity index (χ0n) is 10.4. The normalized spacial score (nSPS) is 18.6. The predicted octanol–water partition coefficient (Wildman–Crippen LogP) is 5.00. The second-order valence-corrected chi connectivity index (χ2v) is 5.32. The molecule has 19 heavy (non-hydrogen) atoms. The van der Waals surface area contributed by atoms with Crippen molar-refractivity contribution >= 4 is 27.2 Å². The quantitative estimate of drug-likeness (QED) is 0.568. The van der Waals surface area contributed by atoms with Gasteiger partial charge in [0.2, 0.25) is 0 Å². The molecule has 1 aliphatic carbocycles. The van der Waals surface area contributed by atoms with Crippen LogP contribution in [0.1, 0.15) is 24.8 Å². The van der Waals surface area contributed by atoms with Crippen molar-refractivity contribution in [3.8, 4) is 0 Å². The molecule has 0 saturated heterocycles. The lowest BCUT2D eigenvalue weighted by molar-refractivity contribution is -0.384. The fourth-order valence-corrected chi connectivity index (χ4v) is 2.36.